The van der Waals surface area contributed by atoms with Gasteiger partial charge in [-0.3, -0.25) is 0 Å². The molecule has 1 aliphatic heterocycles. The van der Waals surface area contributed by atoms with Gasteiger partial charge in [0, 0.05) is 10.5 Å². The van der Waals surface area contributed by atoms with E-state index in [2.05, 4.69) is 25.6 Å². The van der Waals surface area contributed by atoms with E-state index in [1.165, 1.54) is 38.5 Å². The van der Waals surface area contributed by atoms with E-state index in [4.69, 9.17) is 0 Å². The third kappa shape index (κ3) is 1.77. The van der Waals surface area contributed by atoms with Crippen molar-refractivity contribution in [3.05, 3.63) is 0 Å². The highest BCUT2D eigenvalue weighted by atomic mass is 32.2. The van der Waals surface area contributed by atoms with Crippen LogP contribution < -0.4 is 0 Å². The van der Waals surface area contributed by atoms with Crippen LogP contribution in [0, 0.1) is 11.8 Å². The quantitative estimate of drug-likeness (QED) is 0.644. The molecule has 0 nitrogen and oxygen atoms in total. The lowest BCUT2D eigenvalue weighted by atomic mass is 9.77. The van der Waals surface area contributed by atoms with Crippen molar-refractivity contribution in [1.29, 1.82) is 0 Å². The molecule has 2 fully saturated rings. The van der Waals surface area contributed by atoms with E-state index in [9.17, 15) is 0 Å². The smallest absolute Gasteiger partial charge is 0.00812 e. The highest BCUT2D eigenvalue weighted by Gasteiger charge is 2.42. The number of fused-ring (bicyclic) bond motifs is 1. The van der Waals surface area contributed by atoms with Crippen molar-refractivity contribution in [3.8, 4) is 0 Å². The maximum Gasteiger partial charge on any atom is 0.00812 e. The molecule has 2 aliphatic rings. The average molecular weight is 198 g/mol. The zero-order valence-corrected chi connectivity index (χ0v) is 9.78. The van der Waals surface area contributed by atoms with Gasteiger partial charge in [-0.1, -0.05) is 33.1 Å². The van der Waals surface area contributed by atoms with Crippen molar-refractivity contribution in [2.45, 2.75) is 62.9 Å². The summed E-state index contributed by atoms with van der Waals surface area (Å²) in [5, 5.41) is 2.04. The Balaban J connectivity index is 2.05. The maximum atomic E-state index is 2.39. The van der Waals surface area contributed by atoms with E-state index >= 15 is 0 Å². The van der Waals surface area contributed by atoms with Gasteiger partial charge in [-0.2, -0.15) is 11.8 Å². The summed E-state index contributed by atoms with van der Waals surface area (Å²) in [7, 11) is 0. The molecule has 0 amide bonds. The third-order valence-electron chi connectivity index (χ3n) is 4.00. The number of thioether (sulfide) groups is 1. The first kappa shape index (κ1) is 9.89. The zero-order chi connectivity index (χ0) is 9.26. The van der Waals surface area contributed by atoms with Crippen LogP contribution in [0.2, 0.25) is 0 Å². The Labute approximate surface area is 86.9 Å². The molecule has 4 unspecified atom stereocenters. The van der Waals surface area contributed by atoms with Crippen LogP contribution in [-0.4, -0.2) is 10.5 Å². The SMILES string of the molecule is CCC1SC2CCCCC2C1CC. The Kier molecular flexibility index (Phi) is 3.23. The molecule has 1 heterocycles. The zero-order valence-electron chi connectivity index (χ0n) is 8.96. The van der Waals surface area contributed by atoms with E-state index in [0.717, 1.165) is 22.3 Å². The van der Waals surface area contributed by atoms with Crippen molar-refractivity contribution in [1.82, 2.24) is 0 Å². The highest BCUT2D eigenvalue weighted by Crippen LogP contribution is 2.51. The van der Waals surface area contributed by atoms with Gasteiger partial charge >= 0.3 is 0 Å². The van der Waals surface area contributed by atoms with Gasteiger partial charge in [0.05, 0.1) is 0 Å². The van der Waals surface area contributed by atoms with Crippen LogP contribution in [-0.2, 0) is 0 Å². The van der Waals surface area contributed by atoms with Crippen molar-refractivity contribution in [2.75, 3.05) is 0 Å². The molecule has 0 radical (unpaired) electrons. The minimum absolute atomic E-state index is 0.998. The first-order valence-electron chi connectivity index (χ1n) is 6.02. The minimum Gasteiger partial charge on any atom is -0.155 e. The first-order chi connectivity index (χ1) is 6.36. The summed E-state index contributed by atoms with van der Waals surface area (Å²) in [5.74, 6) is 2.15. The molecule has 4 atom stereocenters. The molecule has 0 N–H and O–H groups in total. The molecule has 2 rings (SSSR count). The average Bonchev–Trinajstić information content (AvgIpc) is 2.55. The fraction of sp³-hybridized carbons (Fsp3) is 1.00. The molecule has 1 saturated heterocycles. The molecule has 1 saturated carbocycles. The van der Waals surface area contributed by atoms with Crippen LogP contribution in [0.3, 0.4) is 0 Å². The summed E-state index contributed by atoms with van der Waals surface area (Å²) in [6.45, 7) is 4.77. The van der Waals surface area contributed by atoms with Gasteiger partial charge in [-0.25, -0.2) is 0 Å². The van der Waals surface area contributed by atoms with Crippen LogP contribution in [0.15, 0.2) is 0 Å². The molecule has 0 aromatic carbocycles. The van der Waals surface area contributed by atoms with Crippen LogP contribution in [0.5, 0.6) is 0 Å². The second-order valence-electron chi connectivity index (χ2n) is 4.64. The summed E-state index contributed by atoms with van der Waals surface area (Å²) in [5.41, 5.74) is 0. The van der Waals surface area contributed by atoms with Crippen molar-refractivity contribution in [3.63, 3.8) is 0 Å². The molecule has 76 valence electrons. The van der Waals surface area contributed by atoms with Gasteiger partial charge in [0.1, 0.15) is 0 Å². The van der Waals surface area contributed by atoms with Gasteiger partial charge in [0.15, 0.2) is 0 Å². The van der Waals surface area contributed by atoms with E-state index in [0.29, 0.717) is 0 Å². The molecule has 0 bridgehead atoms. The molecular formula is C12H22S. The fourth-order valence-electron chi connectivity index (χ4n) is 3.35. The van der Waals surface area contributed by atoms with Gasteiger partial charge in [-0.15, -0.1) is 0 Å². The lowest BCUT2D eigenvalue weighted by Gasteiger charge is -2.28. The largest absolute Gasteiger partial charge is 0.155 e. The summed E-state index contributed by atoms with van der Waals surface area (Å²) >= 11 is 2.33. The summed E-state index contributed by atoms with van der Waals surface area (Å²) in [6.07, 6.45) is 8.88. The summed E-state index contributed by atoms with van der Waals surface area (Å²) in [6, 6.07) is 0. The highest BCUT2D eigenvalue weighted by molar-refractivity contribution is 8.00. The van der Waals surface area contributed by atoms with Crippen LogP contribution in [0.4, 0.5) is 0 Å². The maximum absolute atomic E-state index is 2.39. The predicted octanol–water partition coefficient (Wildman–Crippen LogP) is 4.10. The molecule has 1 heteroatoms. The standard InChI is InChI=1S/C12H22S/c1-3-9-10-7-5-6-8-12(10)13-11(9)4-2/h9-12H,3-8H2,1-2H3. The van der Waals surface area contributed by atoms with E-state index in [1.807, 2.05) is 0 Å². The molecule has 13 heavy (non-hydrogen) atoms. The van der Waals surface area contributed by atoms with Crippen molar-refractivity contribution < 1.29 is 0 Å². The van der Waals surface area contributed by atoms with Gasteiger partial charge in [0.25, 0.3) is 0 Å². The molecule has 0 aromatic heterocycles. The molecule has 1 aliphatic carbocycles. The van der Waals surface area contributed by atoms with Crippen LogP contribution in [0.1, 0.15) is 52.4 Å². The van der Waals surface area contributed by atoms with E-state index < -0.39 is 0 Å². The summed E-state index contributed by atoms with van der Waals surface area (Å²) in [4.78, 5) is 0. The van der Waals surface area contributed by atoms with Crippen LogP contribution >= 0.6 is 11.8 Å². The number of hydrogen-bond acceptors (Lipinski definition) is 1. The van der Waals surface area contributed by atoms with Crippen molar-refractivity contribution in [2.24, 2.45) is 11.8 Å². The molecular weight excluding hydrogens is 176 g/mol. The Morgan fingerprint density at radius 3 is 2.54 bits per heavy atom. The van der Waals surface area contributed by atoms with Crippen molar-refractivity contribution >= 4 is 11.8 Å². The summed E-state index contributed by atoms with van der Waals surface area (Å²) < 4.78 is 0. The topological polar surface area (TPSA) is 0 Å². The minimum atomic E-state index is 0.998. The fourth-order valence-corrected chi connectivity index (χ4v) is 5.43. The Hall–Kier alpha value is 0.350. The van der Waals surface area contributed by atoms with Gasteiger partial charge in [-0.05, 0) is 31.1 Å². The predicted molar refractivity (Wildman–Crippen MR) is 61.2 cm³/mol. The monoisotopic (exact) mass is 198 g/mol. The van der Waals surface area contributed by atoms with Gasteiger partial charge < -0.3 is 0 Å². The lowest BCUT2D eigenvalue weighted by Crippen LogP contribution is -2.24. The first-order valence-corrected chi connectivity index (χ1v) is 6.96. The Bertz CT molecular complexity index is 163. The van der Waals surface area contributed by atoms with E-state index in [-0.39, 0.29) is 0 Å². The number of hydrogen-bond donors (Lipinski definition) is 0. The second kappa shape index (κ2) is 4.25. The second-order valence-corrected chi connectivity index (χ2v) is 6.12. The molecule has 0 aromatic rings. The Morgan fingerprint density at radius 2 is 1.85 bits per heavy atom. The van der Waals surface area contributed by atoms with Gasteiger partial charge in [0.2, 0.25) is 0 Å². The molecule has 0 spiro atoms. The lowest BCUT2D eigenvalue weighted by molar-refractivity contribution is 0.265. The normalized spacial score (nSPS) is 44.8. The number of rotatable bonds is 2. The third-order valence-corrected chi connectivity index (χ3v) is 5.97. The Morgan fingerprint density at radius 1 is 1.08 bits per heavy atom. The van der Waals surface area contributed by atoms with Crippen LogP contribution in [0.25, 0.3) is 0 Å². The van der Waals surface area contributed by atoms with E-state index in [1.54, 1.807) is 0 Å².